The Balaban J connectivity index is 1.93. The molecule has 6 nitrogen and oxygen atoms in total. The van der Waals surface area contributed by atoms with Crippen molar-refractivity contribution < 1.29 is 28.9 Å². The van der Waals surface area contributed by atoms with Gasteiger partial charge in [-0.3, -0.25) is 4.79 Å². The Kier molecular flexibility index (Phi) is 5.49. The van der Waals surface area contributed by atoms with Gasteiger partial charge in [-0.1, -0.05) is 18.7 Å². The number of hydrogen-bond acceptors (Lipinski definition) is 6. The number of epoxide rings is 1. The molecule has 28 heavy (non-hydrogen) atoms. The van der Waals surface area contributed by atoms with Gasteiger partial charge in [-0.05, 0) is 65.2 Å². The van der Waals surface area contributed by atoms with Gasteiger partial charge in [0.15, 0.2) is 0 Å². The number of rotatable bonds is 1. The molecule has 0 aromatic rings. The Hall–Kier alpha value is -1.66. The van der Waals surface area contributed by atoms with E-state index >= 15 is 0 Å². The van der Waals surface area contributed by atoms with E-state index in [4.69, 9.17) is 14.2 Å². The van der Waals surface area contributed by atoms with Gasteiger partial charge in [-0.25, -0.2) is 4.79 Å². The number of carbonyl (C=O) groups is 2. The summed E-state index contributed by atoms with van der Waals surface area (Å²) in [6.07, 6.45) is 6.59. The lowest BCUT2D eigenvalue weighted by Gasteiger charge is -2.36. The van der Waals surface area contributed by atoms with E-state index in [0.29, 0.717) is 44.1 Å². The summed E-state index contributed by atoms with van der Waals surface area (Å²) in [4.78, 5) is 24.4. The molecule has 0 radical (unpaired) electrons. The minimum absolute atomic E-state index is 0.0193. The summed E-state index contributed by atoms with van der Waals surface area (Å²) in [5.74, 6) is -0.890. The summed E-state index contributed by atoms with van der Waals surface area (Å²) in [7, 11) is 0. The van der Waals surface area contributed by atoms with Crippen LogP contribution in [-0.2, 0) is 23.8 Å². The van der Waals surface area contributed by atoms with Gasteiger partial charge in [-0.2, -0.15) is 0 Å². The van der Waals surface area contributed by atoms with E-state index in [1.807, 2.05) is 13.0 Å². The summed E-state index contributed by atoms with van der Waals surface area (Å²) in [5.41, 5.74) is -1.82. The van der Waals surface area contributed by atoms with Gasteiger partial charge in [0, 0.05) is 12.5 Å². The van der Waals surface area contributed by atoms with Crippen molar-refractivity contribution in [3.05, 3.63) is 24.3 Å². The minimum atomic E-state index is -1.06. The molecule has 2 saturated heterocycles. The smallest absolute Gasteiger partial charge is 0.334 e. The molecule has 2 fully saturated rings. The second-order valence-electron chi connectivity index (χ2n) is 9.22. The number of esters is 2. The predicted octanol–water partition coefficient (Wildman–Crippen LogP) is 3.22. The Morgan fingerprint density at radius 2 is 1.96 bits per heavy atom. The zero-order chi connectivity index (χ0) is 20.7. The van der Waals surface area contributed by atoms with Crippen molar-refractivity contribution in [1.82, 2.24) is 0 Å². The van der Waals surface area contributed by atoms with Crippen LogP contribution in [0.4, 0.5) is 0 Å². The number of carbonyl (C=O) groups excluding carboxylic acids is 2. The SMILES string of the molecule is C=C1C(=O)O[C@]2(C)CC[C@@H]1C[C@@H]1O[C@@]1(C)C/C=C\[C@@](C)(O)CC[C@H]2OC(C)=O. The van der Waals surface area contributed by atoms with Gasteiger partial charge in [-0.15, -0.1) is 0 Å². The molecule has 156 valence electrons. The van der Waals surface area contributed by atoms with Crippen LogP contribution in [0.25, 0.3) is 0 Å². The van der Waals surface area contributed by atoms with E-state index in [-0.39, 0.29) is 17.6 Å². The van der Waals surface area contributed by atoms with Crippen molar-refractivity contribution in [2.75, 3.05) is 0 Å². The van der Waals surface area contributed by atoms with Crippen molar-refractivity contribution in [2.45, 2.75) is 95.2 Å². The molecule has 2 heterocycles. The topological polar surface area (TPSA) is 85.4 Å². The molecule has 0 amide bonds. The fraction of sp³-hybridized carbons (Fsp3) is 0.727. The molecule has 1 aliphatic carbocycles. The van der Waals surface area contributed by atoms with Gasteiger partial charge >= 0.3 is 11.9 Å². The third-order valence-corrected chi connectivity index (χ3v) is 6.51. The standard InChI is InChI=1S/C22H32O6/c1-14-16-7-12-22(5,28-19(14)24)17(26-15(2)23)8-11-20(3,25)9-6-10-21(4)18(13-16)27-21/h6,9,16-18,25H,1,7-8,10-13H2,2-5H3/b9-6-/t16-,17-,18+,20-,21+,22-/m1/s1. The molecule has 2 bridgehead atoms. The molecule has 0 spiro atoms. The van der Waals surface area contributed by atoms with Crippen molar-refractivity contribution in [3.63, 3.8) is 0 Å². The predicted molar refractivity (Wildman–Crippen MR) is 103 cm³/mol. The summed E-state index contributed by atoms with van der Waals surface area (Å²) in [6, 6.07) is 0. The quantitative estimate of drug-likeness (QED) is 0.319. The number of ether oxygens (including phenoxy) is 3. The number of fused-ring (bicyclic) bond motifs is 4. The van der Waals surface area contributed by atoms with E-state index in [1.165, 1.54) is 6.92 Å². The highest BCUT2D eigenvalue weighted by Crippen LogP contribution is 2.47. The number of hydrogen-bond donors (Lipinski definition) is 1. The zero-order valence-electron chi connectivity index (χ0n) is 17.3. The Labute approximate surface area is 166 Å². The van der Waals surface area contributed by atoms with E-state index in [2.05, 4.69) is 13.5 Å². The third-order valence-electron chi connectivity index (χ3n) is 6.51. The molecular formula is C22H32O6. The summed E-state index contributed by atoms with van der Waals surface area (Å²) >= 11 is 0. The first-order chi connectivity index (χ1) is 12.9. The lowest BCUT2D eigenvalue weighted by Crippen LogP contribution is -2.46. The van der Waals surface area contributed by atoms with E-state index in [1.54, 1.807) is 13.0 Å². The second kappa shape index (κ2) is 7.30. The highest BCUT2D eigenvalue weighted by molar-refractivity contribution is 5.89. The average molecular weight is 392 g/mol. The summed E-state index contributed by atoms with van der Waals surface area (Å²) in [6.45, 7) is 10.9. The lowest BCUT2D eigenvalue weighted by atomic mass is 9.82. The highest BCUT2D eigenvalue weighted by atomic mass is 16.6. The lowest BCUT2D eigenvalue weighted by molar-refractivity contribution is -0.181. The van der Waals surface area contributed by atoms with Crippen LogP contribution in [0.1, 0.15) is 66.2 Å². The molecule has 6 atom stereocenters. The maximum Gasteiger partial charge on any atom is 0.334 e. The van der Waals surface area contributed by atoms with Crippen LogP contribution >= 0.6 is 0 Å². The van der Waals surface area contributed by atoms with Gasteiger partial charge in [0.25, 0.3) is 0 Å². The van der Waals surface area contributed by atoms with Crippen LogP contribution in [0.15, 0.2) is 24.3 Å². The van der Waals surface area contributed by atoms with E-state index < -0.39 is 29.2 Å². The van der Waals surface area contributed by atoms with Crippen molar-refractivity contribution in [3.8, 4) is 0 Å². The average Bonchev–Trinajstić information content (AvgIpc) is 3.24. The molecule has 2 aliphatic heterocycles. The normalized spacial score (nSPS) is 45.2. The van der Waals surface area contributed by atoms with Crippen LogP contribution in [-0.4, -0.2) is 46.1 Å². The largest absolute Gasteiger partial charge is 0.458 e. The summed E-state index contributed by atoms with van der Waals surface area (Å²) < 4.78 is 17.3. The molecule has 0 aromatic heterocycles. The molecule has 3 aliphatic rings. The number of aliphatic hydroxyl groups is 1. The van der Waals surface area contributed by atoms with E-state index in [0.717, 1.165) is 0 Å². The Morgan fingerprint density at radius 1 is 1.25 bits per heavy atom. The van der Waals surface area contributed by atoms with Crippen LogP contribution in [0.3, 0.4) is 0 Å². The maximum absolute atomic E-state index is 12.7. The third kappa shape index (κ3) is 4.49. The second-order valence-corrected chi connectivity index (χ2v) is 9.22. The van der Waals surface area contributed by atoms with Gasteiger partial charge in [0.1, 0.15) is 11.7 Å². The van der Waals surface area contributed by atoms with Crippen LogP contribution in [0, 0.1) is 5.92 Å². The Morgan fingerprint density at radius 3 is 2.64 bits per heavy atom. The molecule has 6 heteroatoms. The first kappa shape index (κ1) is 21.1. The van der Waals surface area contributed by atoms with Crippen molar-refractivity contribution in [2.24, 2.45) is 5.92 Å². The van der Waals surface area contributed by atoms with Gasteiger partial charge in [0.2, 0.25) is 0 Å². The molecular weight excluding hydrogens is 360 g/mol. The van der Waals surface area contributed by atoms with E-state index in [9.17, 15) is 14.7 Å². The van der Waals surface area contributed by atoms with Crippen molar-refractivity contribution in [1.29, 1.82) is 0 Å². The molecule has 0 aromatic carbocycles. The molecule has 0 unspecified atom stereocenters. The first-order valence-electron chi connectivity index (χ1n) is 10.1. The molecule has 3 rings (SSSR count). The first-order valence-corrected chi connectivity index (χ1v) is 10.1. The fourth-order valence-electron chi connectivity index (χ4n) is 4.39. The fourth-order valence-corrected chi connectivity index (χ4v) is 4.39. The van der Waals surface area contributed by atoms with Crippen molar-refractivity contribution >= 4 is 11.9 Å². The molecule has 1 N–H and O–H groups in total. The summed E-state index contributed by atoms with van der Waals surface area (Å²) in [5, 5.41) is 10.7. The van der Waals surface area contributed by atoms with Crippen LogP contribution in [0.2, 0.25) is 0 Å². The van der Waals surface area contributed by atoms with Gasteiger partial charge < -0.3 is 19.3 Å². The highest BCUT2D eigenvalue weighted by Gasteiger charge is 2.53. The van der Waals surface area contributed by atoms with Gasteiger partial charge in [0.05, 0.1) is 17.3 Å². The van der Waals surface area contributed by atoms with Crippen LogP contribution < -0.4 is 0 Å². The zero-order valence-corrected chi connectivity index (χ0v) is 17.3. The monoisotopic (exact) mass is 392 g/mol. The Bertz CT molecular complexity index is 695. The molecule has 0 saturated carbocycles. The minimum Gasteiger partial charge on any atom is -0.458 e. The maximum atomic E-state index is 12.7. The van der Waals surface area contributed by atoms with Crippen LogP contribution in [0.5, 0.6) is 0 Å².